The van der Waals surface area contributed by atoms with Gasteiger partial charge in [0.1, 0.15) is 5.75 Å². The number of benzene rings is 1. The zero-order chi connectivity index (χ0) is 18.3. The lowest BCUT2D eigenvalue weighted by Gasteiger charge is -2.16. The standard InChI is InChI=1S/C17H27N3O4S.ClH/c1-24-16-9-8-14(12-15(16)17(18)21)25(22,23)20-11-10-19-13-6-4-2-3-5-7-13;/h8-9,12-13,19-20H,2-7,10-11H2,1H3,(H2,18,21);1H. The number of ether oxygens (including phenoxy) is 1. The second-order valence-corrected chi connectivity index (χ2v) is 8.03. The number of carbonyl (C=O) groups excluding carboxylic acids is 1. The van der Waals surface area contributed by atoms with Crippen molar-refractivity contribution in [2.24, 2.45) is 5.73 Å². The van der Waals surface area contributed by atoms with E-state index in [1.54, 1.807) is 0 Å². The largest absolute Gasteiger partial charge is 0.496 e. The van der Waals surface area contributed by atoms with E-state index in [1.807, 2.05) is 0 Å². The van der Waals surface area contributed by atoms with Crippen molar-refractivity contribution in [2.45, 2.75) is 49.5 Å². The molecule has 26 heavy (non-hydrogen) atoms. The van der Waals surface area contributed by atoms with E-state index in [2.05, 4.69) is 10.0 Å². The van der Waals surface area contributed by atoms with Crippen LogP contribution in [0.3, 0.4) is 0 Å². The highest BCUT2D eigenvalue weighted by Crippen LogP contribution is 2.22. The Labute approximate surface area is 161 Å². The number of hydrogen-bond donors (Lipinski definition) is 3. The molecule has 1 aliphatic carbocycles. The van der Waals surface area contributed by atoms with Crippen molar-refractivity contribution in [1.29, 1.82) is 0 Å². The molecule has 0 aliphatic heterocycles. The lowest BCUT2D eigenvalue weighted by atomic mass is 10.1. The minimum Gasteiger partial charge on any atom is -0.496 e. The fourth-order valence-corrected chi connectivity index (χ4v) is 4.13. The van der Waals surface area contributed by atoms with Crippen LogP contribution < -0.4 is 20.5 Å². The summed E-state index contributed by atoms with van der Waals surface area (Å²) >= 11 is 0. The predicted octanol–water partition coefficient (Wildman–Crippen LogP) is 1.81. The molecule has 2 rings (SSSR count). The Bertz CT molecular complexity index is 689. The number of rotatable bonds is 8. The summed E-state index contributed by atoms with van der Waals surface area (Å²) in [7, 11) is -2.31. The second-order valence-electron chi connectivity index (χ2n) is 6.27. The summed E-state index contributed by atoms with van der Waals surface area (Å²) in [6, 6.07) is 4.53. The van der Waals surface area contributed by atoms with E-state index in [0.29, 0.717) is 12.6 Å². The third-order valence-corrected chi connectivity index (χ3v) is 5.91. The highest BCUT2D eigenvalue weighted by molar-refractivity contribution is 7.89. The molecule has 0 saturated heterocycles. The summed E-state index contributed by atoms with van der Waals surface area (Å²) in [5.41, 5.74) is 5.32. The maximum absolute atomic E-state index is 12.4. The van der Waals surface area contributed by atoms with Gasteiger partial charge in [-0.1, -0.05) is 25.7 Å². The molecule has 9 heteroatoms. The van der Waals surface area contributed by atoms with Gasteiger partial charge in [-0.2, -0.15) is 0 Å². The van der Waals surface area contributed by atoms with Gasteiger partial charge in [0.25, 0.3) is 5.91 Å². The Kier molecular flexibility index (Phi) is 9.35. The van der Waals surface area contributed by atoms with Crippen molar-refractivity contribution in [3.05, 3.63) is 23.8 Å². The lowest BCUT2D eigenvalue weighted by molar-refractivity contribution is 0.0997. The van der Waals surface area contributed by atoms with Crippen LogP contribution in [0.4, 0.5) is 0 Å². The van der Waals surface area contributed by atoms with E-state index in [1.165, 1.54) is 51.0 Å². The molecule has 0 heterocycles. The van der Waals surface area contributed by atoms with Gasteiger partial charge in [0.2, 0.25) is 10.0 Å². The number of carbonyl (C=O) groups is 1. The van der Waals surface area contributed by atoms with E-state index in [9.17, 15) is 13.2 Å². The summed E-state index contributed by atoms with van der Waals surface area (Å²) in [6.45, 7) is 0.861. The maximum Gasteiger partial charge on any atom is 0.252 e. The monoisotopic (exact) mass is 405 g/mol. The Morgan fingerprint density at radius 1 is 1.19 bits per heavy atom. The summed E-state index contributed by atoms with van der Waals surface area (Å²) < 4.78 is 32.3. The molecule has 0 spiro atoms. The van der Waals surface area contributed by atoms with E-state index in [-0.39, 0.29) is 35.2 Å². The van der Waals surface area contributed by atoms with Crippen molar-refractivity contribution in [3.8, 4) is 5.75 Å². The van der Waals surface area contributed by atoms with Gasteiger partial charge in [-0.3, -0.25) is 4.79 Å². The molecule has 148 valence electrons. The van der Waals surface area contributed by atoms with Gasteiger partial charge in [-0.05, 0) is 31.0 Å². The highest BCUT2D eigenvalue weighted by Gasteiger charge is 2.18. The summed E-state index contributed by atoms with van der Waals surface area (Å²) in [5.74, 6) is -0.481. The van der Waals surface area contributed by atoms with E-state index < -0.39 is 15.9 Å². The van der Waals surface area contributed by atoms with Crippen molar-refractivity contribution < 1.29 is 17.9 Å². The Morgan fingerprint density at radius 2 is 1.85 bits per heavy atom. The van der Waals surface area contributed by atoms with Crippen LogP contribution in [-0.2, 0) is 10.0 Å². The van der Waals surface area contributed by atoms with Crippen LogP contribution in [-0.4, -0.2) is 40.6 Å². The number of nitrogens with one attached hydrogen (secondary N) is 2. The van der Waals surface area contributed by atoms with Crippen LogP contribution in [0.25, 0.3) is 0 Å². The molecular formula is C17H28ClN3O4S. The number of amides is 1. The topological polar surface area (TPSA) is 111 Å². The van der Waals surface area contributed by atoms with Crippen LogP contribution in [0.5, 0.6) is 5.75 Å². The fraction of sp³-hybridized carbons (Fsp3) is 0.588. The highest BCUT2D eigenvalue weighted by atomic mass is 35.5. The molecule has 1 fully saturated rings. The van der Waals surface area contributed by atoms with Crippen LogP contribution in [0.15, 0.2) is 23.1 Å². The molecule has 7 nitrogen and oxygen atoms in total. The van der Waals surface area contributed by atoms with Crippen molar-refractivity contribution in [2.75, 3.05) is 20.2 Å². The number of primary amides is 1. The van der Waals surface area contributed by atoms with Crippen molar-refractivity contribution in [1.82, 2.24) is 10.0 Å². The molecule has 0 atom stereocenters. The molecule has 4 N–H and O–H groups in total. The first-order valence-electron chi connectivity index (χ1n) is 8.65. The Morgan fingerprint density at radius 3 is 2.42 bits per heavy atom. The molecule has 1 amide bonds. The van der Waals surface area contributed by atoms with Crippen molar-refractivity contribution >= 4 is 28.3 Å². The minimum absolute atomic E-state index is 0. The first kappa shape index (κ1) is 22.7. The normalized spacial score (nSPS) is 15.7. The van der Waals surface area contributed by atoms with Crippen molar-refractivity contribution in [3.63, 3.8) is 0 Å². The number of hydrogen-bond acceptors (Lipinski definition) is 5. The molecule has 0 radical (unpaired) electrons. The third-order valence-electron chi connectivity index (χ3n) is 4.45. The van der Waals surface area contributed by atoms with E-state index >= 15 is 0 Å². The zero-order valence-electron chi connectivity index (χ0n) is 15.0. The Hall–Kier alpha value is -1.35. The summed E-state index contributed by atoms with van der Waals surface area (Å²) in [4.78, 5) is 11.4. The molecule has 0 bridgehead atoms. The molecule has 1 aromatic carbocycles. The third kappa shape index (κ3) is 6.42. The van der Waals surface area contributed by atoms with Gasteiger partial charge in [-0.15, -0.1) is 12.4 Å². The van der Waals surface area contributed by atoms with E-state index in [4.69, 9.17) is 10.5 Å². The van der Waals surface area contributed by atoms with Gasteiger partial charge in [-0.25, -0.2) is 13.1 Å². The predicted molar refractivity (Wildman–Crippen MR) is 103 cm³/mol. The Balaban J connectivity index is 0.00000338. The lowest BCUT2D eigenvalue weighted by Crippen LogP contribution is -2.36. The number of halogens is 1. The van der Waals surface area contributed by atoms with Gasteiger partial charge in [0, 0.05) is 19.1 Å². The SMILES string of the molecule is COc1ccc(S(=O)(=O)NCCNC2CCCCCC2)cc1C(N)=O.Cl. The van der Waals surface area contributed by atoms with Crippen LogP contribution >= 0.6 is 12.4 Å². The molecule has 0 unspecified atom stereocenters. The number of nitrogens with two attached hydrogens (primary N) is 1. The summed E-state index contributed by atoms with van der Waals surface area (Å²) in [6.07, 6.45) is 7.31. The molecule has 1 aliphatic rings. The first-order chi connectivity index (χ1) is 11.9. The smallest absolute Gasteiger partial charge is 0.252 e. The maximum atomic E-state index is 12.4. The second kappa shape index (κ2) is 10.7. The fourth-order valence-electron chi connectivity index (χ4n) is 3.08. The minimum atomic E-state index is -3.70. The number of methoxy groups -OCH3 is 1. The van der Waals surface area contributed by atoms with Gasteiger partial charge in [0.05, 0.1) is 17.6 Å². The van der Waals surface area contributed by atoms with E-state index in [0.717, 1.165) is 12.8 Å². The first-order valence-corrected chi connectivity index (χ1v) is 10.1. The average Bonchev–Trinajstić information content (AvgIpc) is 2.87. The van der Waals surface area contributed by atoms with Crippen LogP contribution in [0, 0.1) is 0 Å². The molecule has 0 aromatic heterocycles. The molecule has 1 aromatic rings. The number of sulfonamides is 1. The van der Waals surface area contributed by atoms with Gasteiger partial charge in [0.15, 0.2) is 0 Å². The van der Waals surface area contributed by atoms with Crippen LogP contribution in [0.2, 0.25) is 0 Å². The van der Waals surface area contributed by atoms with Gasteiger partial charge < -0.3 is 15.8 Å². The van der Waals surface area contributed by atoms with Crippen LogP contribution in [0.1, 0.15) is 48.9 Å². The summed E-state index contributed by atoms with van der Waals surface area (Å²) in [5, 5.41) is 3.41. The molecule has 1 saturated carbocycles. The molecular weight excluding hydrogens is 378 g/mol. The van der Waals surface area contributed by atoms with Gasteiger partial charge >= 0.3 is 0 Å². The quantitative estimate of drug-likeness (QED) is 0.451. The average molecular weight is 406 g/mol. The zero-order valence-corrected chi connectivity index (χ0v) is 16.6.